The molecule has 0 radical (unpaired) electrons. The Hall–Kier alpha value is -1.33. The predicted molar refractivity (Wildman–Crippen MR) is 174 cm³/mol. The molecule has 2 heterocycles. The average Bonchev–Trinajstić information content (AvgIpc) is 3.73. The van der Waals surface area contributed by atoms with Crippen LogP contribution in [-0.2, 0) is 33.3 Å². The highest BCUT2D eigenvalue weighted by Gasteiger charge is 2.46. The Morgan fingerprint density at radius 3 is 2.40 bits per heavy atom. The maximum absolute atomic E-state index is 13.0. The van der Waals surface area contributed by atoms with Crippen LogP contribution >= 0.6 is 46.4 Å². The SMILES string of the molecule is CC[C@H](OC(=O)C(Cl)Cl)[C@H](C)[C@H]1O[C@@H]1C[C@H](C)/C=C/C=C(\C)[C@H]1OC(=O)C[C@H](OC(=O)C(Cl)Cl)CC[C@@](C)(O)[C@@H](O)/C=C/[C@@H]1C. The van der Waals surface area contributed by atoms with Gasteiger partial charge in [-0.1, -0.05) is 104 Å². The molecule has 0 aliphatic carbocycles. The topological polar surface area (TPSA) is 132 Å². The Morgan fingerprint density at radius 2 is 1.80 bits per heavy atom. The molecule has 1 fully saturated rings. The smallest absolute Gasteiger partial charge is 0.339 e. The summed E-state index contributed by atoms with van der Waals surface area (Å²) < 4.78 is 22.5. The molecule has 9 nitrogen and oxygen atoms in total. The first-order valence-corrected chi connectivity index (χ1v) is 17.0. The first-order valence-electron chi connectivity index (χ1n) is 15.2. The third kappa shape index (κ3) is 13.0. The summed E-state index contributed by atoms with van der Waals surface area (Å²) in [5.41, 5.74) is -0.789. The van der Waals surface area contributed by atoms with E-state index in [9.17, 15) is 24.6 Å². The van der Waals surface area contributed by atoms with E-state index in [1.807, 2.05) is 45.9 Å². The molecule has 0 amide bonds. The second-order valence-electron chi connectivity index (χ2n) is 12.2. The molecular weight excluding hydrogens is 670 g/mol. The van der Waals surface area contributed by atoms with Crippen LogP contribution in [0.15, 0.2) is 36.0 Å². The summed E-state index contributed by atoms with van der Waals surface area (Å²) >= 11 is 22.5. The fourth-order valence-electron chi connectivity index (χ4n) is 5.32. The molecule has 2 aliphatic heterocycles. The highest BCUT2D eigenvalue weighted by Crippen LogP contribution is 2.37. The normalized spacial score (nSPS) is 32.7. The van der Waals surface area contributed by atoms with Gasteiger partial charge in [-0.3, -0.25) is 4.79 Å². The van der Waals surface area contributed by atoms with Crippen molar-refractivity contribution in [3.8, 4) is 0 Å². The summed E-state index contributed by atoms with van der Waals surface area (Å²) in [4.78, 5) is 34.2. The number of hydrogen-bond acceptors (Lipinski definition) is 9. The Bertz CT molecular complexity index is 1090. The molecular formula is C32H46Cl4O9. The van der Waals surface area contributed by atoms with Crippen LogP contribution in [0.2, 0.25) is 0 Å². The number of halogens is 4. The molecule has 2 aliphatic rings. The van der Waals surface area contributed by atoms with Crippen molar-refractivity contribution < 1.29 is 43.5 Å². The van der Waals surface area contributed by atoms with Crippen molar-refractivity contribution >= 4 is 64.3 Å². The van der Waals surface area contributed by atoms with E-state index >= 15 is 0 Å². The monoisotopic (exact) mass is 714 g/mol. The van der Waals surface area contributed by atoms with Crippen molar-refractivity contribution in [3.63, 3.8) is 0 Å². The van der Waals surface area contributed by atoms with Crippen LogP contribution in [0, 0.1) is 17.8 Å². The zero-order valence-electron chi connectivity index (χ0n) is 26.5. The molecule has 0 aromatic rings. The van der Waals surface area contributed by atoms with Crippen molar-refractivity contribution in [2.45, 2.75) is 126 Å². The Balaban J connectivity index is 2.09. The predicted octanol–water partition coefficient (Wildman–Crippen LogP) is 6.16. The summed E-state index contributed by atoms with van der Waals surface area (Å²) in [5.74, 6) is -2.38. The number of epoxide rings is 1. The van der Waals surface area contributed by atoms with Crippen molar-refractivity contribution in [2.75, 3.05) is 0 Å². The maximum Gasteiger partial charge on any atom is 0.339 e. The number of hydrogen-bond donors (Lipinski definition) is 2. The van der Waals surface area contributed by atoms with Crippen LogP contribution in [-0.4, -0.2) is 80.0 Å². The van der Waals surface area contributed by atoms with Crippen LogP contribution in [0.3, 0.4) is 0 Å². The van der Waals surface area contributed by atoms with E-state index in [0.717, 1.165) is 12.0 Å². The lowest BCUT2D eigenvalue weighted by Gasteiger charge is -2.31. The highest BCUT2D eigenvalue weighted by molar-refractivity contribution is 6.53. The van der Waals surface area contributed by atoms with Crippen LogP contribution in [0.5, 0.6) is 0 Å². The third-order valence-corrected chi connectivity index (χ3v) is 8.94. The fraction of sp³-hybridized carbons (Fsp3) is 0.719. The number of aliphatic hydroxyl groups excluding tert-OH is 1. The van der Waals surface area contributed by atoms with Crippen LogP contribution in [0.25, 0.3) is 0 Å². The van der Waals surface area contributed by atoms with Gasteiger partial charge in [-0.25, -0.2) is 9.59 Å². The van der Waals surface area contributed by atoms with Crippen molar-refractivity contribution in [2.24, 2.45) is 17.8 Å². The number of cyclic esters (lactones) is 1. The van der Waals surface area contributed by atoms with E-state index in [2.05, 4.69) is 6.92 Å². The van der Waals surface area contributed by atoms with Crippen LogP contribution in [0.1, 0.15) is 73.6 Å². The first kappa shape index (κ1) is 39.8. The molecule has 0 unspecified atom stereocenters. The number of carbonyl (C=O) groups excluding carboxylic acids is 3. The van der Waals surface area contributed by atoms with Gasteiger partial charge in [0.1, 0.15) is 24.4 Å². The highest BCUT2D eigenvalue weighted by atomic mass is 35.5. The molecule has 2 N–H and O–H groups in total. The van der Waals surface area contributed by atoms with Gasteiger partial charge in [-0.2, -0.15) is 0 Å². The minimum atomic E-state index is -1.54. The number of rotatable bonds is 12. The molecule has 1 saturated heterocycles. The summed E-state index contributed by atoms with van der Waals surface area (Å²) in [6.45, 7) is 11.1. The van der Waals surface area contributed by atoms with E-state index in [4.69, 9.17) is 65.4 Å². The largest absolute Gasteiger partial charge is 0.460 e. The summed E-state index contributed by atoms with van der Waals surface area (Å²) in [6.07, 6.45) is 6.96. The number of ether oxygens (including phenoxy) is 4. The number of carbonyl (C=O) groups is 3. The Kier molecular flexibility index (Phi) is 16.2. The molecule has 13 heteroatoms. The summed E-state index contributed by atoms with van der Waals surface area (Å²) in [7, 11) is 0. The van der Waals surface area contributed by atoms with Gasteiger partial charge in [0.2, 0.25) is 9.67 Å². The molecule has 0 spiro atoms. The molecule has 0 aromatic carbocycles. The van der Waals surface area contributed by atoms with Crippen LogP contribution < -0.4 is 0 Å². The molecule has 0 saturated carbocycles. The second-order valence-corrected chi connectivity index (χ2v) is 14.4. The lowest BCUT2D eigenvalue weighted by atomic mass is 9.89. The molecule has 256 valence electrons. The number of aliphatic hydroxyl groups is 2. The van der Waals surface area contributed by atoms with E-state index in [-0.39, 0.29) is 55.3 Å². The fourth-order valence-corrected chi connectivity index (χ4v) is 5.52. The second kappa shape index (κ2) is 18.3. The zero-order valence-corrected chi connectivity index (χ0v) is 29.6. The zero-order chi connectivity index (χ0) is 34.1. The standard InChI is InChI=1S/C32H46Cl4O9/c1-7-22(44-31(40)29(35)36)20(5)27-23(43-27)15-17(2)9-8-10-18(3)26-19(4)11-12-24(37)32(6,41)14-13-21(16-25(38)45-26)42-30(39)28(33)34/h8-12,17,19-24,26-29,37,41H,7,13-16H2,1-6H3/b9-8+,12-11+,18-10+/t17-,19+,20+,21-,22+,23-,24+,26-,27-,32-/m1/s1. The quantitative estimate of drug-likeness (QED) is 0.0609. The van der Waals surface area contributed by atoms with Crippen molar-refractivity contribution in [1.82, 2.24) is 0 Å². The summed E-state index contributed by atoms with van der Waals surface area (Å²) in [6, 6.07) is 0. The van der Waals surface area contributed by atoms with Crippen molar-refractivity contribution in [3.05, 3.63) is 36.0 Å². The lowest BCUT2D eigenvalue weighted by molar-refractivity contribution is -0.158. The molecule has 0 aromatic heterocycles. The minimum absolute atomic E-state index is 0.0173. The van der Waals surface area contributed by atoms with Gasteiger partial charge in [-0.05, 0) is 51.0 Å². The minimum Gasteiger partial charge on any atom is -0.460 e. The van der Waals surface area contributed by atoms with Gasteiger partial charge in [0, 0.05) is 11.8 Å². The lowest BCUT2D eigenvalue weighted by Crippen LogP contribution is -2.40. The van der Waals surface area contributed by atoms with Gasteiger partial charge in [0.15, 0.2) is 0 Å². The van der Waals surface area contributed by atoms with Gasteiger partial charge < -0.3 is 29.2 Å². The van der Waals surface area contributed by atoms with Crippen LogP contribution in [0.4, 0.5) is 0 Å². The number of esters is 3. The van der Waals surface area contributed by atoms with E-state index in [1.165, 1.54) is 13.0 Å². The Labute approximate surface area is 286 Å². The van der Waals surface area contributed by atoms with E-state index in [1.54, 1.807) is 6.08 Å². The maximum atomic E-state index is 13.0. The van der Waals surface area contributed by atoms with E-state index in [0.29, 0.717) is 6.42 Å². The van der Waals surface area contributed by atoms with E-state index < -0.39 is 51.5 Å². The summed E-state index contributed by atoms with van der Waals surface area (Å²) in [5, 5.41) is 21.5. The molecule has 45 heavy (non-hydrogen) atoms. The van der Waals surface area contributed by atoms with Gasteiger partial charge in [0.25, 0.3) is 0 Å². The van der Waals surface area contributed by atoms with Gasteiger partial charge in [-0.15, -0.1) is 0 Å². The third-order valence-electron chi connectivity index (χ3n) is 8.22. The number of alkyl halides is 4. The van der Waals surface area contributed by atoms with Gasteiger partial charge >= 0.3 is 17.9 Å². The molecule has 2 rings (SSSR count). The Morgan fingerprint density at radius 1 is 1.16 bits per heavy atom. The first-order chi connectivity index (χ1) is 21.0. The van der Waals surface area contributed by atoms with Gasteiger partial charge in [0.05, 0.1) is 24.2 Å². The number of allylic oxidation sites excluding steroid dienone is 3. The molecule has 0 bridgehead atoms. The van der Waals surface area contributed by atoms with Crippen molar-refractivity contribution in [1.29, 1.82) is 0 Å². The molecule has 10 atom stereocenters. The average molecular weight is 717 g/mol.